The van der Waals surface area contributed by atoms with Crippen molar-refractivity contribution in [2.24, 2.45) is 11.8 Å². The first-order valence-corrected chi connectivity index (χ1v) is 9.92. The highest BCUT2D eigenvalue weighted by Crippen LogP contribution is 2.31. The summed E-state index contributed by atoms with van der Waals surface area (Å²) < 4.78 is 22.7. The molecule has 0 heterocycles. The lowest BCUT2D eigenvalue weighted by Gasteiger charge is -2.45. The fraction of sp³-hybridized carbons (Fsp3) is 1.00. The van der Waals surface area contributed by atoms with Crippen molar-refractivity contribution in [2.45, 2.75) is 52.1 Å². The van der Waals surface area contributed by atoms with Crippen LogP contribution in [0.2, 0.25) is 0 Å². The van der Waals surface area contributed by atoms with Crippen molar-refractivity contribution in [3.8, 4) is 0 Å². The molecule has 1 saturated carbocycles. The molecule has 4 nitrogen and oxygen atoms in total. The Morgan fingerprint density at radius 1 is 1.25 bits per heavy atom. The van der Waals surface area contributed by atoms with Gasteiger partial charge >= 0.3 is 0 Å². The van der Waals surface area contributed by atoms with Crippen LogP contribution in [0.4, 0.5) is 0 Å². The zero-order valence-corrected chi connectivity index (χ0v) is 14.5. The van der Waals surface area contributed by atoms with Gasteiger partial charge in [0.15, 0.2) is 0 Å². The molecular formula is C15H32N2O2S. The second-order valence-corrected chi connectivity index (χ2v) is 8.98. The number of sulfone groups is 1. The normalized spacial score (nSPS) is 31.7. The summed E-state index contributed by atoms with van der Waals surface area (Å²) in [5, 5.41) is 3.67. The van der Waals surface area contributed by atoms with Crippen molar-refractivity contribution in [1.29, 1.82) is 0 Å². The largest absolute Gasteiger partial charge is 0.312 e. The highest BCUT2D eigenvalue weighted by molar-refractivity contribution is 7.90. The Kier molecular flexibility index (Phi) is 6.95. The van der Waals surface area contributed by atoms with Crippen LogP contribution in [0, 0.1) is 11.8 Å². The smallest absolute Gasteiger partial charge is 0.148 e. The van der Waals surface area contributed by atoms with Gasteiger partial charge in [0.25, 0.3) is 0 Å². The summed E-state index contributed by atoms with van der Waals surface area (Å²) in [5.74, 6) is 1.61. The molecule has 0 aliphatic heterocycles. The average molecular weight is 305 g/mol. The van der Waals surface area contributed by atoms with Crippen LogP contribution in [0.15, 0.2) is 0 Å². The van der Waals surface area contributed by atoms with Crippen molar-refractivity contribution in [1.82, 2.24) is 10.2 Å². The molecule has 1 rings (SSSR count). The number of likely N-dealkylation sites (N-methyl/N-ethyl adjacent to an activating group) is 1. The fourth-order valence-corrected chi connectivity index (χ4v) is 4.19. The lowest BCUT2D eigenvalue weighted by Crippen LogP contribution is -2.56. The fourth-order valence-electron chi connectivity index (χ4n) is 3.57. The van der Waals surface area contributed by atoms with Crippen molar-refractivity contribution in [3.05, 3.63) is 0 Å². The van der Waals surface area contributed by atoms with Gasteiger partial charge < -0.3 is 10.2 Å². The SMILES string of the molecule is CCCNC1CC(C)CC(C)C1N(C)CCS(C)(=O)=O. The lowest BCUT2D eigenvalue weighted by atomic mass is 9.76. The molecule has 0 bridgehead atoms. The molecule has 1 aliphatic rings. The Bertz CT molecular complexity index is 383. The van der Waals surface area contributed by atoms with E-state index in [0.29, 0.717) is 24.5 Å². The van der Waals surface area contributed by atoms with Crippen molar-refractivity contribution in [3.63, 3.8) is 0 Å². The molecule has 1 aliphatic carbocycles. The van der Waals surface area contributed by atoms with E-state index in [2.05, 4.69) is 38.0 Å². The highest BCUT2D eigenvalue weighted by atomic mass is 32.2. The van der Waals surface area contributed by atoms with E-state index < -0.39 is 9.84 Å². The van der Waals surface area contributed by atoms with E-state index in [4.69, 9.17) is 0 Å². The molecule has 1 N–H and O–H groups in total. The molecule has 0 spiro atoms. The molecular weight excluding hydrogens is 272 g/mol. The van der Waals surface area contributed by atoms with Crippen molar-refractivity contribution in [2.75, 3.05) is 32.1 Å². The van der Waals surface area contributed by atoms with E-state index >= 15 is 0 Å². The topological polar surface area (TPSA) is 49.4 Å². The van der Waals surface area contributed by atoms with E-state index in [1.165, 1.54) is 19.1 Å². The standard InChI is InChI=1S/C15H32N2O2S/c1-6-7-16-14-11-12(2)10-13(3)15(14)17(4)8-9-20(5,18)19/h12-16H,6-11H2,1-5H3. The van der Waals surface area contributed by atoms with E-state index in [1.807, 2.05) is 0 Å². The van der Waals surface area contributed by atoms with E-state index in [1.54, 1.807) is 0 Å². The maximum atomic E-state index is 11.4. The molecule has 120 valence electrons. The van der Waals surface area contributed by atoms with Crippen LogP contribution in [0.25, 0.3) is 0 Å². The Morgan fingerprint density at radius 3 is 2.45 bits per heavy atom. The first kappa shape index (κ1) is 17.9. The summed E-state index contributed by atoms with van der Waals surface area (Å²) in [6, 6.07) is 0.928. The zero-order valence-electron chi connectivity index (χ0n) is 13.7. The average Bonchev–Trinajstić information content (AvgIpc) is 2.32. The third kappa shape index (κ3) is 5.70. The third-order valence-corrected chi connectivity index (χ3v) is 5.33. The van der Waals surface area contributed by atoms with Crippen LogP contribution >= 0.6 is 0 Å². The van der Waals surface area contributed by atoms with E-state index in [-0.39, 0.29) is 5.75 Å². The van der Waals surface area contributed by atoms with Crippen LogP contribution in [0.3, 0.4) is 0 Å². The molecule has 5 heteroatoms. The van der Waals surface area contributed by atoms with Gasteiger partial charge in [-0.2, -0.15) is 0 Å². The minimum atomic E-state index is -2.88. The second-order valence-electron chi connectivity index (χ2n) is 6.72. The Morgan fingerprint density at radius 2 is 1.90 bits per heavy atom. The molecule has 4 unspecified atom stereocenters. The highest BCUT2D eigenvalue weighted by Gasteiger charge is 2.36. The monoisotopic (exact) mass is 304 g/mol. The van der Waals surface area contributed by atoms with Gasteiger partial charge in [0.05, 0.1) is 5.75 Å². The number of nitrogens with one attached hydrogen (secondary N) is 1. The molecule has 0 saturated heterocycles. The molecule has 0 aromatic carbocycles. The predicted octanol–water partition coefficient (Wildman–Crippen LogP) is 1.77. The molecule has 4 atom stereocenters. The van der Waals surface area contributed by atoms with Crippen LogP contribution in [-0.4, -0.2) is 57.5 Å². The van der Waals surface area contributed by atoms with Crippen molar-refractivity contribution < 1.29 is 8.42 Å². The van der Waals surface area contributed by atoms with E-state index in [0.717, 1.165) is 18.9 Å². The van der Waals surface area contributed by atoms with Crippen molar-refractivity contribution >= 4 is 9.84 Å². The summed E-state index contributed by atoms with van der Waals surface area (Å²) in [6.07, 6.45) is 4.88. The van der Waals surface area contributed by atoms with Gasteiger partial charge in [-0.1, -0.05) is 20.8 Å². The number of hydrogen-bond acceptors (Lipinski definition) is 4. The molecule has 0 aromatic heterocycles. The van der Waals surface area contributed by atoms with E-state index in [9.17, 15) is 8.42 Å². The van der Waals surface area contributed by atoms with Gasteiger partial charge in [-0.25, -0.2) is 8.42 Å². The third-order valence-electron chi connectivity index (χ3n) is 4.41. The maximum absolute atomic E-state index is 11.4. The van der Waals surface area contributed by atoms with Crippen LogP contribution < -0.4 is 5.32 Å². The lowest BCUT2D eigenvalue weighted by molar-refractivity contribution is 0.0847. The molecule has 0 aromatic rings. The van der Waals surface area contributed by atoms with Gasteiger partial charge in [-0.3, -0.25) is 0 Å². The van der Waals surface area contributed by atoms with Crippen LogP contribution in [0.1, 0.15) is 40.0 Å². The molecule has 20 heavy (non-hydrogen) atoms. The number of nitrogens with zero attached hydrogens (tertiary/aromatic N) is 1. The predicted molar refractivity (Wildman–Crippen MR) is 85.8 cm³/mol. The van der Waals surface area contributed by atoms with Gasteiger partial charge in [0.1, 0.15) is 9.84 Å². The summed E-state index contributed by atoms with van der Waals surface area (Å²) in [7, 11) is -0.810. The Hall–Kier alpha value is -0.130. The van der Waals surface area contributed by atoms with Gasteiger partial charge in [-0.05, 0) is 44.7 Å². The summed E-state index contributed by atoms with van der Waals surface area (Å²) >= 11 is 0. The van der Waals surface area contributed by atoms with Gasteiger partial charge in [0.2, 0.25) is 0 Å². The zero-order chi connectivity index (χ0) is 15.3. The van der Waals surface area contributed by atoms with Crippen LogP contribution in [-0.2, 0) is 9.84 Å². The number of hydrogen-bond donors (Lipinski definition) is 1. The van der Waals surface area contributed by atoms with Gasteiger partial charge in [0, 0.05) is 24.9 Å². The molecule has 0 amide bonds. The second kappa shape index (κ2) is 7.76. The van der Waals surface area contributed by atoms with Crippen LogP contribution in [0.5, 0.6) is 0 Å². The summed E-state index contributed by atoms with van der Waals surface area (Å²) in [4.78, 5) is 2.25. The summed E-state index contributed by atoms with van der Waals surface area (Å²) in [5.41, 5.74) is 0. The minimum absolute atomic E-state index is 0.253. The number of rotatable bonds is 7. The minimum Gasteiger partial charge on any atom is -0.312 e. The van der Waals surface area contributed by atoms with Gasteiger partial charge in [-0.15, -0.1) is 0 Å². The first-order chi connectivity index (χ1) is 9.24. The molecule has 0 radical (unpaired) electrons. The quantitative estimate of drug-likeness (QED) is 0.779. The molecule has 1 fully saturated rings. The maximum Gasteiger partial charge on any atom is 0.148 e. The Balaban J connectivity index is 2.69. The first-order valence-electron chi connectivity index (χ1n) is 7.86. The summed E-state index contributed by atoms with van der Waals surface area (Å²) in [6.45, 7) is 8.49. The Labute approximate surface area is 125 Å².